The summed E-state index contributed by atoms with van der Waals surface area (Å²) in [5.41, 5.74) is 6.21. The van der Waals surface area contributed by atoms with Crippen molar-refractivity contribution in [3.05, 3.63) is 0 Å². The lowest BCUT2D eigenvalue weighted by Crippen LogP contribution is -2.48. The van der Waals surface area contributed by atoms with Gasteiger partial charge >= 0.3 is 0 Å². The molecule has 1 unspecified atom stereocenters. The first-order valence-electron chi connectivity index (χ1n) is 5.64. The van der Waals surface area contributed by atoms with Gasteiger partial charge in [0, 0.05) is 12.1 Å². The van der Waals surface area contributed by atoms with E-state index in [9.17, 15) is 0 Å². The van der Waals surface area contributed by atoms with Gasteiger partial charge in [0.1, 0.15) is 0 Å². The Morgan fingerprint density at radius 2 is 2.00 bits per heavy atom. The summed E-state index contributed by atoms with van der Waals surface area (Å²) in [6.45, 7) is 4.73. The highest BCUT2D eigenvalue weighted by atomic mass is 16.2. The molecule has 0 radical (unpaired) electrons. The molecule has 1 saturated heterocycles. The first kappa shape index (κ1) is 12.0. The summed E-state index contributed by atoms with van der Waals surface area (Å²) in [5.74, 6) is 0.630. The molecule has 3 N–H and O–H groups in total. The summed E-state index contributed by atoms with van der Waals surface area (Å²) < 4.78 is 0. The SMILES string of the molecule is CN1CCC(C(C)(N)CCCO)CC1. The molecule has 1 heterocycles. The van der Waals surface area contributed by atoms with Gasteiger partial charge in [0.2, 0.25) is 0 Å². The Balaban J connectivity index is 2.38. The van der Waals surface area contributed by atoms with E-state index in [4.69, 9.17) is 10.8 Å². The largest absolute Gasteiger partial charge is 0.396 e. The third-order valence-corrected chi connectivity index (χ3v) is 3.52. The highest BCUT2D eigenvalue weighted by molar-refractivity contribution is 4.89. The van der Waals surface area contributed by atoms with Crippen molar-refractivity contribution in [1.29, 1.82) is 0 Å². The van der Waals surface area contributed by atoms with E-state index < -0.39 is 0 Å². The maximum absolute atomic E-state index is 8.81. The smallest absolute Gasteiger partial charge is 0.0431 e. The molecule has 0 aromatic carbocycles. The van der Waals surface area contributed by atoms with Crippen LogP contribution in [0.15, 0.2) is 0 Å². The average molecular weight is 200 g/mol. The Labute approximate surface area is 87.3 Å². The van der Waals surface area contributed by atoms with E-state index in [2.05, 4.69) is 18.9 Å². The molecule has 0 aromatic rings. The molecule has 3 heteroatoms. The molecule has 1 atom stereocenters. The van der Waals surface area contributed by atoms with Crippen LogP contribution in [0.25, 0.3) is 0 Å². The van der Waals surface area contributed by atoms with Crippen molar-refractivity contribution in [2.45, 2.75) is 38.1 Å². The first-order chi connectivity index (χ1) is 6.56. The number of hydrogen-bond donors (Lipinski definition) is 2. The molecule has 0 aromatic heterocycles. The quantitative estimate of drug-likeness (QED) is 0.706. The van der Waals surface area contributed by atoms with Crippen molar-refractivity contribution in [3.8, 4) is 0 Å². The number of rotatable bonds is 4. The molecule has 1 aliphatic rings. The summed E-state index contributed by atoms with van der Waals surface area (Å²) in [6.07, 6.45) is 4.18. The lowest BCUT2D eigenvalue weighted by atomic mass is 9.77. The Bertz CT molecular complexity index is 163. The normalized spacial score (nSPS) is 24.9. The summed E-state index contributed by atoms with van der Waals surface area (Å²) in [6, 6.07) is 0. The fourth-order valence-electron chi connectivity index (χ4n) is 2.33. The van der Waals surface area contributed by atoms with Gasteiger partial charge in [-0.25, -0.2) is 0 Å². The molecule has 1 fully saturated rings. The molecule has 0 bridgehead atoms. The average Bonchev–Trinajstić information content (AvgIpc) is 2.16. The molecule has 84 valence electrons. The van der Waals surface area contributed by atoms with Crippen LogP contribution in [0.5, 0.6) is 0 Å². The minimum Gasteiger partial charge on any atom is -0.396 e. The predicted octanol–water partition coefficient (Wildman–Crippen LogP) is 0.818. The zero-order chi connectivity index (χ0) is 10.6. The summed E-state index contributed by atoms with van der Waals surface area (Å²) in [7, 11) is 2.16. The van der Waals surface area contributed by atoms with Gasteiger partial charge in [0.15, 0.2) is 0 Å². The third kappa shape index (κ3) is 3.23. The number of aliphatic hydroxyl groups is 1. The van der Waals surface area contributed by atoms with Crippen LogP contribution < -0.4 is 5.73 Å². The van der Waals surface area contributed by atoms with Crippen LogP contribution in [0.2, 0.25) is 0 Å². The Morgan fingerprint density at radius 1 is 1.43 bits per heavy atom. The zero-order valence-corrected chi connectivity index (χ0v) is 9.50. The number of nitrogens with zero attached hydrogens (tertiary/aromatic N) is 1. The van der Waals surface area contributed by atoms with Crippen molar-refractivity contribution < 1.29 is 5.11 Å². The second kappa shape index (κ2) is 5.10. The van der Waals surface area contributed by atoms with Gasteiger partial charge in [-0.15, -0.1) is 0 Å². The van der Waals surface area contributed by atoms with Crippen molar-refractivity contribution in [3.63, 3.8) is 0 Å². The topological polar surface area (TPSA) is 49.5 Å². The highest BCUT2D eigenvalue weighted by Crippen LogP contribution is 2.29. The molecular weight excluding hydrogens is 176 g/mol. The van der Waals surface area contributed by atoms with E-state index in [1.54, 1.807) is 0 Å². The number of likely N-dealkylation sites (tertiary alicyclic amines) is 1. The summed E-state index contributed by atoms with van der Waals surface area (Å²) in [5, 5.41) is 8.81. The Kier molecular flexibility index (Phi) is 4.35. The van der Waals surface area contributed by atoms with E-state index in [1.165, 1.54) is 12.8 Å². The standard InChI is InChI=1S/C11H24N2O/c1-11(12,6-3-9-14)10-4-7-13(2)8-5-10/h10,14H,3-9,12H2,1-2H3. The van der Waals surface area contributed by atoms with Crippen LogP contribution in [-0.2, 0) is 0 Å². The number of piperidine rings is 1. The fourth-order valence-corrected chi connectivity index (χ4v) is 2.33. The van der Waals surface area contributed by atoms with Gasteiger partial charge < -0.3 is 15.7 Å². The molecule has 14 heavy (non-hydrogen) atoms. The van der Waals surface area contributed by atoms with Gasteiger partial charge in [-0.3, -0.25) is 0 Å². The molecule has 1 rings (SSSR count). The van der Waals surface area contributed by atoms with Crippen molar-refractivity contribution in [2.75, 3.05) is 26.7 Å². The number of aliphatic hydroxyl groups excluding tert-OH is 1. The lowest BCUT2D eigenvalue weighted by molar-refractivity contribution is 0.143. The number of hydrogen-bond acceptors (Lipinski definition) is 3. The number of nitrogens with two attached hydrogens (primary N) is 1. The highest BCUT2D eigenvalue weighted by Gasteiger charge is 2.31. The van der Waals surface area contributed by atoms with E-state index in [-0.39, 0.29) is 12.1 Å². The van der Waals surface area contributed by atoms with Crippen molar-refractivity contribution in [2.24, 2.45) is 11.7 Å². The monoisotopic (exact) mass is 200 g/mol. The lowest BCUT2D eigenvalue weighted by Gasteiger charge is -2.39. The van der Waals surface area contributed by atoms with Crippen molar-refractivity contribution in [1.82, 2.24) is 4.90 Å². The van der Waals surface area contributed by atoms with Crippen LogP contribution in [-0.4, -0.2) is 42.3 Å². The maximum atomic E-state index is 8.81. The zero-order valence-electron chi connectivity index (χ0n) is 9.50. The second-order valence-electron chi connectivity index (χ2n) is 4.91. The third-order valence-electron chi connectivity index (χ3n) is 3.52. The Morgan fingerprint density at radius 3 is 2.50 bits per heavy atom. The minimum absolute atomic E-state index is 0.0794. The molecule has 0 spiro atoms. The van der Waals surface area contributed by atoms with Crippen LogP contribution in [0, 0.1) is 5.92 Å². The van der Waals surface area contributed by atoms with Crippen LogP contribution >= 0.6 is 0 Å². The van der Waals surface area contributed by atoms with E-state index in [1.807, 2.05) is 0 Å². The van der Waals surface area contributed by atoms with Crippen LogP contribution in [0.4, 0.5) is 0 Å². The Hall–Kier alpha value is -0.120. The molecular formula is C11H24N2O. The van der Waals surface area contributed by atoms with Gasteiger partial charge in [-0.1, -0.05) is 0 Å². The maximum Gasteiger partial charge on any atom is 0.0431 e. The summed E-state index contributed by atoms with van der Waals surface area (Å²) >= 11 is 0. The van der Waals surface area contributed by atoms with Gasteiger partial charge in [0.05, 0.1) is 0 Å². The van der Waals surface area contributed by atoms with Crippen LogP contribution in [0.1, 0.15) is 32.6 Å². The molecule has 1 aliphatic heterocycles. The van der Waals surface area contributed by atoms with Gasteiger partial charge in [-0.2, -0.15) is 0 Å². The van der Waals surface area contributed by atoms with E-state index in [0.717, 1.165) is 25.9 Å². The first-order valence-corrected chi connectivity index (χ1v) is 5.64. The van der Waals surface area contributed by atoms with Crippen molar-refractivity contribution >= 4 is 0 Å². The molecule has 0 amide bonds. The second-order valence-corrected chi connectivity index (χ2v) is 4.91. The minimum atomic E-state index is -0.0794. The molecule has 0 aliphatic carbocycles. The summed E-state index contributed by atoms with van der Waals surface area (Å²) in [4.78, 5) is 2.36. The fraction of sp³-hybridized carbons (Fsp3) is 1.00. The van der Waals surface area contributed by atoms with E-state index >= 15 is 0 Å². The predicted molar refractivity (Wildman–Crippen MR) is 59.1 cm³/mol. The van der Waals surface area contributed by atoms with E-state index in [0.29, 0.717) is 5.92 Å². The van der Waals surface area contributed by atoms with Crippen LogP contribution in [0.3, 0.4) is 0 Å². The van der Waals surface area contributed by atoms with Gasteiger partial charge in [-0.05, 0) is 58.7 Å². The van der Waals surface area contributed by atoms with Gasteiger partial charge in [0.25, 0.3) is 0 Å². The molecule has 3 nitrogen and oxygen atoms in total. The molecule has 0 saturated carbocycles.